The molecule has 1 amide bonds. The van der Waals surface area contributed by atoms with Crippen LogP contribution >= 0.6 is 0 Å². The maximum absolute atomic E-state index is 12.6. The van der Waals surface area contributed by atoms with E-state index in [4.69, 9.17) is 4.52 Å². The Bertz CT molecular complexity index is 587. The molecule has 7 heteroatoms. The number of aromatic nitrogens is 2. The topological polar surface area (TPSA) is 65.7 Å². The van der Waals surface area contributed by atoms with Crippen LogP contribution in [-0.2, 0) is 10.2 Å². The lowest BCUT2D eigenvalue weighted by Gasteiger charge is -2.37. The van der Waals surface area contributed by atoms with E-state index in [1.807, 2.05) is 0 Å². The molecule has 1 atom stereocenters. The van der Waals surface area contributed by atoms with Crippen molar-refractivity contribution in [3.8, 4) is 0 Å². The van der Waals surface area contributed by atoms with Crippen molar-refractivity contribution in [1.82, 2.24) is 19.9 Å². The number of piperidine rings is 1. The number of nitrogens with zero attached hydrogens (tertiary/aromatic N) is 5. The summed E-state index contributed by atoms with van der Waals surface area (Å²) in [6.45, 7) is 13.2. The van der Waals surface area contributed by atoms with Crippen LogP contribution in [0.1, 0.15) is 52.8 Å². The van der Waals surface area contributed by atoms with Crippen LogP contribution < -0.4 is 4.90 Å². The van der Waals surface area contributed by atoms with E-state index >= 15 is 0 Å². The van der Waals surface area contributed by atoms with Crippen molar-refractivity contribution in [3.63, 3.8) is 0 Å². The highest BCUT2D eigenvalue weighted by molar-refractivity contribution is 5.78. The first-order chi connectivity index (χ1) is 11.8. The molecule has 0 spiro atoms. The Morgan fingerprint density at radius 2 is 1.88 bits per heavy atom. The Balaban J connectivity index is 1.50. The molecule has 0 aliphatic carbocycles. The molecule has 3 heterocycles. The molecule has 1 aromatic rings. The van der Waals surface area contributed by atoms with Gasteiger partial charge in [-0.3, -0.25) is 9.69 Å². The van der Waals surface area contributed by atoms with Crippen molar-refractivity contribution in [1.29, 1.82) is 0 Å². The Labute approximate surface area is 150 Å². The summed E-state index contributed by atoms with van der Waals surface area (Å²) in [5.74, 6) is 1.61. The standard InChI is InChI=1S/C18H31N5O2/c1-14-7-5-6-8-23(14)15(24)13-21-9-11-22(12-10-21)17-19-16(25-20-17)18(2,3)4/h14H,5-13H2,1-4H3/t14-/m1/s1. The summed E-state index contributed by atoms with van der Waals surface area (Å²) >= 11 is 0. The Hall–Kier alpha value is -1.63. The highest BCUT2D eigenvalue weighted by Crippen LogP contribution is 2.23. The molecule has 7 nitrogen and oxygen atoms in total. The van der Waals surface area contributed by atoms with Gasteiger partial charge in [0.05, 0.1) is 6.54 Å². The van der Waals surface area contributed by atoms with Crippen LogP contribution in [-0.4, -0.2) is 71.2 Å². The van der Waals surface area contributed by atoms with Gasteiger partial charge in [0.25, 0.3) is 5.95 Å². The van der Waals surface area contributed by atoms with Crippen molar-refractivity contribution in [2.75, 3.05) is 44.2 Å². The van der Waals surface area contributed by atoms with E-state index in [2.05, 4.69) is 52.5 Å². The van der Waals surface area contributed by atoms with Crippen LogP contribution in [0.15, 0.2) is 4.52 Å². The fourth-order valence-corrected chi connectivity index (χ4v) is 3.51. The van der Waals surface area contributed by atoms with E-state index < -0.39 is 0 Å². The third kappa shape index (κ3) is 4.32. The third-order valence-corrected chi connectivity index (χ3v) is 5.19. The predicted octanol–water partition coefficient (Wildman–Crippen LogP) is 1.89. The molecule has 0 unspecified atom stereocenters. The summed E-state index contributed by atoms with van der Waals surface area (Å²) in [5, 5.41) is 4.12. The minimum atomic E-state index is -0.134. The number of likely N-dealkylation sites (tertiary alicyclic amines) is 1. The van der Waals surface area contributed by atoms with Gasteiger partial charge in [-0.2, -0.15) is 4.98 Å². The first-order valence-electron chi connectivity index (χ1n) is 9.45. The quantitative estimate of drug-likeness (QED) is 0.830. The Kier molecular flexibility index (Phi) is 5.32. The number of carbonyl (C=O) groups excluding carboxylic acids is 1. The average Bonchev–Trinajstić information content (AvgIpc) is 3.06. The maximum Gasteiger partial charge on any atom is 0.266 e. The van der Waals surface area contributed by atoms with Crippen LogP contribution in [0.3, 0.4) is 0 Å². The summed E-state index contributed by atoms with van der Waals surface area (Å²) in [5.41, 5.74) is -0.134. The van der Waals surface area contributed by atoms with E-state index in [0.29, 0.717) is 24.4 Å². The molecule has 0 aromatic carbocycles. The van der Waals surface area contributed by atoms with Crippen molar-refractivity contribution in [2.45, 2.75) is 58.4 Å². The van der Waals surface area contributed by atoms with Crippen molar-refractivity contribution in [2.24, 2.45) is 0 Å². The fourth-order valence-electron chi connectivity index (χ4n) is 3.51. The van der Waals surface area contributed by atoms with Gasteiger partial charge >= 0.3 is 0 Å². The largest absolute Gasteiger partial charge is 0.339 e. The van der Waals surface area contributed by atoms with Crippen LogP contribution in [0.5, 0.6) is 0 Å². The summed E-state index contributed by atoms with van der Waals surface area (Å²) < 4.78 is 5.39. The number of amides is 1. The van der Waals surface area contributed by atoms with Gasteiger partial charge in [0.15, 0.2) is 0 Å². The number of rotatable bonds is 3. The van der Waals surface area contributed by atoms with Crippen molar-refractivity contribution in [3.05, 3.63) is 5.89 Å². The fraction of sp³-hybridized carbons (Fsp3) is 0.833. The van der Waals surface area contributed by atoms with Crippen molar-refractivity contribution < 1.29 is 9.32 Å². The van der Waals surface area contributed by atoms with E-state index in [-0.39, 0.29) is 11.3 Å². The number of carbonyl (C=O) groups is 1. The zero-order valence-electron chi connectivity index (χ0n) is 16.0. The van der Waals surface area contributed by atoms with Gasteiger partial charge in [-0.15, -0.1) is 0 Å². The highest BCUT2D eigenvalue weighted by Gasteiger charge is 2.28. The molecule has 0 N–H and O–H groups in total. The van der Waals surface area contributed by atoms with E-state index in [0.717, 1.165) is 45.6 Å². The first kappa shape index (κ1) is 18.2. The highest BCUT2D eigenvalue weighted by atomic mass is 16.5. The summed E-state index contributed by atoms with van der Waals surface area (Å²) in [7, 11) is 0. The molecule has 0 bridgehead atoms. The molecular formula is C18H31N5O2. The van der Waals surface area contributed by atoms with E-state index in [1.54, 1.807) is 0 Å². The second kappa shape index (κ2) is 7.32. The molecule has 140 valence electrons. The van der Waals surface area contributed by atoms with Crippen LogP contribution in [0, 0.1) is 0 Å². The van der Waals surface area contributed by atoms with Gasteiger partial charge in [-0.1, -0.05) is 20.8 Å². The van der Waals surface area contributed by atoms with Gasteiger partial charge in [-0.25, -0.2) is 0 Å². The minimum absolute atomic E-state index is 0.134. The molecule has 3 rings (SSSR count). The van der Waals surface area contributed by atoms with Crippen molar-refractivity contribution >= 4 is 11.9 Å². The van der Waals surface area contributed by atoms with Crippen LogP contribution in [0.4, 0.5) is 5.95 Å². The Morgan fingerprint density at radius 3 is 2.48 bits per heavy atom. The van der Waals surface area contributed by atoms with Crippen LogP contribution in [0.25, 0.3) is 0 Å². The second-order valence-electron chi connectivity index (χ2n) is 8.34. The molecule has 0 radical (unpaired) electrons. The Morgan fingerprint density at radius 1 is 1.16 bits per heavy atom. The van der Waals surface area contributed by atoms with Gasteiger partial charge in [0.1, 0.15) is 0 Å². The molecule has 25 heavy (non-hydrogen) atoms. The number of piperazine rings is 1. The monoisotopic (exact) mass is 349 g/mol. The molecule has 2 aliphatic heterocycles. The zero-order chi connectivity index (χ0) is 18.0. The third-order valence-electron chi connectivity index (χ3n) is 5.19. The van der Waals surface area contributed by atoms with Gasteiger partial charge in [-0.05, 0) is 31.3 Å². The lowest BCUT2D eigenvalue weighted by Crippen LogP contribution is -2.52. The first-order valence-corrected chi connectivity index (χ1v) is 9.45. The smallest absolute Gasteiger partial charge is 0.266 e. The number of hydrogen-bond acceptors (Lipinski definition) is 6. The average molecular weight is 349 g/mol. The van der Waals surface area contributed by atoms with E-state index in [9.17, 15) is 4.79 Å². The molecule has 2 fully saturated rings. The summed E-state index contributed by atoms with van der Waals surface area (Å²) in [4.78, 5) is 23.5. The second-order valence-corrected chi connectivity index (χ2v) is 8.34. The lowest BCUT2D eigenvalue weighted by molar-refractivity contribution is -0.135. The SMILES string of the molecule is C[C@@H]1CCCCN1C(=O)CN1CCN(c2noc(C(C)(C)C)n2)CC1. The molecule has 0 saturated carbocycles. The normalized spacial score (nSPS) is 23.1. The maximum atomic E-state index is 12.6. The minimum Gasteiger partial charge on any atom is -0.339 e. The summed E-state index contributed by atoms with van der Waals surface area (Å²) in [6.07, 6.45) is 3.51. The number of anilines is 1. The molecular weight excluding hydrogens is 318 g/mol. The lowest BCUT2D eigenvalue weighted by atomic mass is 9.97. The molecule has 2 saturated heterocycles. The molecule has 2 aliphatic rings. The predicted molar refractivity (Wildman–Crippen MR) is 96.7 cm³/mol. The van der Waals surface area contributed by atoms with E-state index in [1.165, 1.54) is 6.42 Å². The van der Waals surface area contributed by atoms with Crippen LogP contribution in [0.2, 0.25) is 0 Å². The van der Waals surface area contributed by atoms with Gasteiger partial charge in [0, 0.05) is 44.2 Å². The summed E-state index contributed by atoms with van der Waals surface area (Å²) in [6, 6.07) is 0.387. The number of hydrogen-bond donors (Lipinski definition) is 0. The zero-order valence-corrected chi connectivity index (χ0v) is 16.0. The van der Waals surface area contributed by atoms with Gasteiger partial charge in [0.2, 0.25) is 11.8 Å². The van der Waals surface area contributed by atoms with Gasteiger partial charge < -0.3 is 14.3 Å². The molecule has 1 aromatic heterocycles.